The van der Waals surface area contributed by atoms with Gasteiger partial charge in [-0.2, -0.15) is 23.5 Å². The molecule has 0 unspecified atom stereocenters. The van der Waals surface area contributed by atoms with Crippen molar-refractivity contribution >= 4 is 11.7 Å². The number of aromatic nitrogens is 2. The van der Waals surface area contributed by atoms with Gasteiger partial charge in [0.1, 0.15) is 5.82 Å². The van der Waals surface area contributed by atoms with Gasteiger partial charge in [-0.25, -0.2) is 4.68 Å². The highest BCUT2D eigenvalue weighted by Crippen LogP contribution is 2.43. The average Bonchev–Trinajstić information content (AvgIpc) is 3.08. The number of hydrogen-bond donors (Lipinski definition) is 1. The summed E-state index contributed by atoms with van der Waals surface area (Å²) in [5.41, 5.74) is 1.68. The van der Waals surface area contributed by atoms with Gasteiger partial charge in [-0.15, -0.1) is 0 Å². The van der Waals surface area contributed by atoms with Gasteiger partial charge in [0.05, 0.1) is 18.5 Å². The molecule has 148 valence electrons. The maximum atomic E-state index is 13.7. The quantitative estimate of drug-likeness (QED) is 0.860. The Morgan fingerprint density at radius 2 is 2.07 bits per heavy atom. The summed E-state index contributed by atoms with van der Waals surface area (Å²) < 4.78 is 41.9. The number of alkyl halides is 3. The Hall–Kier alpha value is -3.02. The van der Waals surface area contributed by atoms with Gasteiger partial charge >= 0.3 is 6.18 Å². The number of amides is 1. The van der Waals surface area contributed by atoms with Crippen LogP contribution in [0.2, 0.25) is 0 Å². The second kappa shape index (κ2) is 7.54. The van der Waals surface area contributed by atoms with Gasteiger partial charge in [-0.05, 0) is 12.5 Å². The maximum absolute atomic E-state index is 13.7. The fraction of sp³-hybridized carbons (Fsp3) is 0.421. The lowest BCUT2D eigenvalue weighted by atomic mass is 9.96. The summed E-state index contributed by atoms with van der Waals surface area (Å²) in [7, 11) is 1.49. The van der Waals surface area contributed by atoms with Crippen LogP contribution in [0.3, 0.4) is 0 Å². The molecule has 2 heterocycles. The maximum Gasteiger partial charge on any atom is 0.410 e. The second-order valence-electron chi connectivity index (χ2n) is 6.89. The van der Waals surface area contributed by atoms with E-state index < -0.39 is 24.2 Å². The lowest BCUT2D eigenvalue weighted by Gasteiger charge is -2.33. The number of halogens is 3. The summed E-state index contributed by atoms with van der Waals surface area (Å²) in [4.78, 5) is 13.7. The number of nitrogens with zero attached hydrogens (tertiary/aromatic N) is 4. The predicted octanol–water partition coefficient (Wildman–Crippen LogP) is 3.84. The summed E-state index contributed by atoms with van der Waals surface area (Å²) >= 11 is 0. The fourth-order valence-corrected chi connectivity index (χ4v) is 3.21. The van der Waals surface area contributed by atoms with Crippen molar-refractivity contribution in [2.24, 2.45) is 0 Å². The number of hydrogen-bond acceptors (Lipinski definition) is 4. The Balaban J connectivity index is 1.93. The first-order valence-corrected chi connectivity index (χ1v) is 8.82. The highest BCUT2D eigenvalue weighted by Gasteiger charge is 2.46. The van der Waals surface area contributed by atoms with E-state index in [1.807, 2.05) is 25.1 Å². The first-order chi connectivity index (χ1) is 13.2. The van der Waals surface area contributed by atoms with E-state index in [9.17, 15) is 18.0 Å². The number of fused-ring (bicyclic) bond motifs is 1. The van der Waals surface area contributed by atoms with E-state index in [2.05, 4.69) is 10.4 Å². The van der Waals surface area contributed by atoms with E-state index in [1.54, 1.807) is 12.1 Å². The molecule has 1 aromatic carbocycles. The molecule has 1 aliphatic heterocycles. The summed E-state index contributed by atoms with van der Waals surface area (Å²) in [6.07, 6.45) is -4.59. The van der Waals surface area contributed by atoms with Crippen LogP contribution in [-0.2, 0) is 0 Å². The number of carbonyl (C=O) groups excluding carboxylic acids is 1. The Labute approximate surface area is 160 Å². The van der Waals surface area contributed by atoms with Gasteiger partial charge in [0.2, 0.25) is 0 Å². The van der Waals surface area contributed by atoms with Gasteiger partial charge < -0.3 is 10.2 Å². The standard InChI is InChI=1S/C19H20F3N5O/c1-12-4-6-13(7-5-12)14-10-16(19(20,21)22)27-17(24-14)11-15(25-27)18(28)26(2)9-3-8-23/h4-7,11,14,16,24H,3,9-10H2,1-2H3/t14-,16+/m0/s1. The van der Waals surface area contributed by atoms with Crippen molar-refractivity contribution < 1.29 is 18.0 Å². The number of benzene rings is 1. The van der Waals surface area contributed by atoms with Crippen LogP contribution in [0.15, 0.2) is 30.3 Å². The third-order valence-corrected chi connectivity index (χ3v) is 4.79. The lowest BCUT2D eigenvalue weighted by Crippen LogP contribution is -2.36. The molecular weight excluding hydrogens is 371 g/mol. The van der Waals surface area contributed by atoms with Gasteiger partial charge in [-0.3, -0.25) is 4.79 Å². The summed E-state index contributed by atoms with van der Waals surface area (Å²) in [5, 5.41) is 15.6. The molecule has 0 bridgehead atoms. The van der Waals surface area contributed by atoms with E-state index in [0.29, 0.717) is 0 Å². The zero-order chi connectivity index (χ0) is 20.5. The second-order valence-corrected chi connectivity index (χ2v) is 6.89. The molecule has 0 aliphatic carbocycles. The molecule has 0 spiro atoms. The van der Waals surface area contributed by atoms with Crippen molar-refractivity contribution in [1.29, 1.82) is 5.26 Å². The van der Waals surface area contributed by atoms with Crippen LogP contribution < -0.4 is 5.32 Å². The smallest absolute Gasteiger partial charge is 0.363 e. The minimum Gasteiger partial charge on any atom is -0.363 e. The average molecular weight is 391 g/mol. The number of carbonyl (C=O) groups is 1. The van der Waals surface area contributed by atoms with Crippen molar-refractivity contribution in [3.63, 3.8) is 0 Å². The molecular formula is C19H20F3N5O. The van der Waals surface area contributed by atoms with E-state index in [1.165, 1.54) is 18.0 Å². The van der Waals surface area contributed by atoms with Crippen LogP contribution in [0.1, 0.15) is 46.5 Å². The Morgan fingerprint density at radius 1 is 1.39 bits per heavy atom. The van der Waals surface area contributed by atoms with Crippen LogP contribution in [0, 0.1) is 18.3 Å². The predicted molar refractivity (Wildman–Crippen MR) is 96.7 cm³/mol. The summed E-state index contributed by atoms with van der Waals surface area (Å²) in [6, 6.07) is 8.19. The number of anilines is 1. The third-order valence-electron chi connectivity index (χ3n) is 4.79. The van der Waals surface area contributed by atoms with Gasteiger partial charge in [-0.1, -0.05) is 29.8 Å². The van der Waals surface area contributed by atoms with E-state index in [0.717, 1.165) is 15.8 Å². The topological polar surface area (TPSA) is 74.0 Å². The first kappa shape index (κ1) is 19.7. The largest absolute Gasteiger partial charge is 0.410 e. The van der Waals surface area contributed by atoms with Crippen LogP contribution >= 0.6 is 0 Å². The molecule has 1 amide bonds. The van der Waals surface area contributed by atoms with Crippen molar-refractivity contribution in [2.75, 3.05) is 18.9 Å². The molecule has 2 aromatic rings. The van der Waals surface area contributed by atoms with Gasteiger partial charge in [0, 0.05) is 26.1 Å². The molecule has 28 heavy (non-hydrogen) atoms. The van der Waals surface area contributed by atoms with Crippen molar-refractivity contribution in [1.82, 2.24) is 14.7 Å². The monoisotopic (exact) mass is 391 g/mol. The van der Waals surface area contributed by atoms with Crippen molar-refractivity contribution in [2.45, 2.75) is 38.0 Å². The minimum absolute atomic E-state index is 0.0817. The molecule has 3 rings (SSSR count). The molecule has 9 heteroatoms. The van der Waals surface area contributed by atoms with E-state index >= 15 is 0 Å². The SMILES string of the molecule is Cc1ccc([C@@H]2C[C@H](C(F)(F)F)n3nc(C(=O)N(C)CCC#N)cc3N2)cc1. The lowest BCUT2D eigenvalue weighted by molar-refractivity contribution is -0.173. The zero-order valence-electron chi connectivity index (χ0n) is 15.5. The third kappa shape index (κ3) is 3.96. The zero-order valence-corrected chi connectivity index (χ0v) is 15.5. The Morgan fingerprint density at radius 3 is 2.68 bits per heavy atom. The van der Waals surface area contributed by atoms with Crippen molar-refractivity contribution in [3.8, 4) is 6.07 Å². The van der Waals surface area contributed by atoms with E-state index in [4.69, 9.17) is 5.26 Å². The number of rotatable bonds is 4. The first-order valence-electron chi connectivity index (χ1n) is 8.82. The van der Waals surface area contributed by atoms with Crippen LogP contribution in [0.5, 0.6) is 0 Å². The Bertz CT molecular complexity index is 898. The molecule has 6 nitrogen and oxygen atoms in total. The summed E-state index contributed by atoms with van der Waals surface area (Å²) in [5.74, 6) is -0.372. The number of aryl methyl sites for hydroxylation is 1. The van der Waals surface area contributed by atoms with Crippen LogP contribution in [-0.4, -0.2) is 40.4 Å². The van der Waals surface area contributed by atoms with Crippen LogP contribution in [0.4, 0.5) is 19.0 Å². The fourth-order valence-electron chi connectivity index (χ4n) is 3.21. The normalized spacial score (nSPS) is 18.7. The molecule has 1 aromatic heterocycles. The van der Waals surface area contributed by atoms with E-state index in [-0.39, 0.29) is 30.9 Å². The van der Waals surface area contributed by atoms with Crippen molar-refractivity contribution in [3.05, 3.63) is 47.2 Å². The number of nitrogens with one attached hydrogen (secondary N) is 1. The minimum atomic E-state index is -4.50. The molecule has 0 radical (unpaired) electrons. The van der Waals surface area contributed by atoms with Gasteiger partial charge in [0.15, 0.2) is 11.7 Å². The van der Waals surface area contributed by atoms with Gasteiger partial charge in [0.25, 0.3) is 5.91 Å². The summed E-state index contributed by atoms with van der Waals surface area (Å²) in [6.45, 7) is 2.09. The molecule has 1 N–H and O–H groups in total. The molecule has 0 fully saturated rings. The molecule has 0 saturated carbocycles. The highest BCUT2D eigenvalue weighted by atomic mass is 19.4. The van der Waals surface area contributed by atoms with Crippen LogP contribution in [0.25, 0.3) is 0 Å². The number of nitriles is 1. The molecule has 0 saturated heterocycles. The Kier molecular flexibility index (Phi) is 5.31. The highest BCUT2D eigenvalue weighted by molar-refractivity contribution is 5.93. The molecule has 2 atom stereocenters. The molecule has 1 aliphatic rings.